The Morgan fingerprint density at radius 3 is 2.71 bits per heavy atom. The van der Waals surface area contributed by atoms with Crippen LogP contribution in [-0.2, 0) is 4.79 Å². The van der Waals surface area contributed by atoms with Crippen LogP contribution >= 0.6 is 15.9 Å². The molecule has 0 aliphatic heterocycles. The number of allylic oxidation sites excluding steroid dienone is 1. The average molecular weight is 387 g/mol. The van der Waals surface area contributed by atoms with Gasteiger partial charge in [0.15, 0.2) is 6.61 Å². The topological polar surface area (TPSA) is 50.7 Å². The number of hydrogen-bond acceptors (Lipinski definition) is 3. The Morgan fingerprint density at radius 1 is 1.25 bits per heavy atom. The number of benzene rings is 2. The second kappa shape index (κ2) is 9.03. The molecule has 0 fully saturated rings. The normalized spacial score (nSPS) is 11.5. The SMILES string of the molecule is CC(/C=C\c1ccccc1)=NNC(=O)COc1ccc(Br)cc1C. The molecule has 0 radical (unpaired) electrons. The largest absolute Gasteiger partial charge is 0.483 e. The van der Waals surface area contributed by atoms with E-state index in [9.17, 15) is 4.79 Å². The zero-order valence-electron chi connectivity index (χ0n) is 13.6. The number of nitrogens with one attached hydrogen (secondary N) is 1. The van der Waals surface area contributed by atoms with Crippen LogP contribution < -0.4 is 10.2 Å². The Labute approximate surface area is 150 Å². The van der Waals surface area contributed by atoms with E-state index in [2.05, 4.69) is 26.5 Å². The molecule has 0 bridgehead atoms. The molecule has 2 aromatic carbocycles. The second-order valence-electron chi connectivity index (χ2n) is 5.23. The lowest BCUT2D eigenvalue weighted by Gasteiger charge is -2.08. The standard InChI is InChI=1S/C19H19BrN2O2/c1-14-12-17(20)10-11-18(14)24-13-19(23)22-21-15(2)8-9-16-6-4-3-5-7-16/h3-12H,13H2,1-2H3,(H,22,23)/b9-8-,21-15?. The molecule has 1 amide bonds. The number of hydrogen-bond donors (Lipinski definition) is 1. The molecule has 0 unspecified atom stereocenters. The van der Waals surface area contributed by atoms with Crippen molar-refractivity contribution in [2.45, 2.75) is 13.8 Å². The van der Waals surface area contributed by atoms with Crippen molar-refractivity contribution >= 4 is 33.6 Å². The summed E-state index contributed by atoms with van der Waals surface area (Å²) in [5, 5.41) is 4.03. The highest BCUT2D eigenvalue weighted by Gasteiger charge is 2.04. The summed E-state index contributed by atoms with van der Waals surface area (Å²) in [5.41, 5.74) is 5.22. The number of ether oxygens (including phenoxy) is 1. The van der Waals surface area contributed by atoms with Crippen LogP contribution in [-0.4, -0.2) is 18.2 Å². The van der Waals surface area contributed by atoms with Crippen molar-refractivity contribution in [3.8, 4) is 5.75 Å². The Hall–Kier alpha value is -2.40. The molecule has 24 heavy (non-hydrogen) atoms. The van der Waals surface area contributed by atoms with Gasteiger partial charge in [0.05, 0.1) is 5.71 Å². The summed E-state index contributed by atoms with van der Waals surface area (Å²) in [6.45, 7) is 3.66. The highest BCUT2D eigenvalue weighted by molar-refractivity contribution is 9.10. The van der Waals surface area contributed by atoms with E-state index >= 15 is 0 Å². The van der Waals surface area contributed by atoms with Crippen molar-refractivity contribution in [2.75, 3.05) is 6.61 Å². The van der Waals surface area contributed by atoms with Crippen molar-refractivity contribution in [1.82, 2.24) is 5.43 Å². The molecule has 0 atom stereocenters. The summed E-state index contributed by atoms with van der Waals surface area (Å²) in [7, 11) is 0. The van der Waals surface area contributed by atoms with E-state index < -0.39 is 0 Å². The maximum Gasteiger partial charge on any atom is 0.277 e. The molecule has 0 saturated carbocycles. The van der Waals surface area contributed by atoms with Crippen molar-refractivity contribution in [1.29, 1.82) is 0 Å². The first-order valence-corrected chi connectivity index (χ1v) is 8.29. The van der Waals surface area contributed by atoms with Gasteiger partial charge in [0, 0.05) is 4.47 Å². The molecule has 0 spiro atoms. The van der Waals surface area contributed by atoms with E-state index in [1.165, 1.54) is 0 Å². The summed E-state index contributed by atoms with van der Waals surface area (Å²) in [4.78, 5) is 11.8. The molecule has 2 rings (SSSR count). The third-order valence-electron chi connectivity index (χ3n) is 3.17. The van der Waals surface area contributed by atoms with Gasteiger partial charge in [-0.1, -0.05) is 52.3 Å². The minimum atomic E-state index is -0.301. The smallest absolute Gasteiger partial charge is 0.277 e. The quantitative estimate of drug-likeness (QED) is 0.592. The fourth-order valence-electron chi connectivity index (χ4n) is 1.92. The summed E-state index contributed by atoms with van der Waals surface area (Å²) >= 11 is 3.39. The number of rotatable bonds is 6. The van der Waals surface area contributed by atoms with Gasteiger partial charge in [-0.3, -0.25) is 4.79 Å². The summed E-state index contributed by atoms with van der Waals surface area (Å²) in [6, 6.07) is 15.5. The lowest BCUT2D eigenvalue weighted by molar-refractivity contribution is -0.123. The van der Waals surface area contributed by atoms with E-state index in [0.717, 1.165) is 15.6 Å². The number of carbonyl (C=O) groups is 1. The minimum absolute atomic E-state index is 0.0817. The maximum atomic E-state index is 11.8. The Morgan fingerprint density at radius 2 is 2.00 bits per heavy atom. The monoisotopic (exact) mass is 386 g/mol. The first-order valence-electron chi connectivity index (χ1n) is 7.50. The van der Waals surface area contributed by atoms with Crippen LogP contribution in [0.4, 0.5) is 0 Å². The lowest BCUT2D eigenvalue weighted by atomic mass is 10.2. The molecule has 0 aliphatic carbocycles. The van der Waals surface area contributed by atoms with E-state index in [0.29, 0.717) is 11.5 Å². The second-order valence-corrected chi connectivity index (χ2v) is 6.15. The maximum absolute atomic E-state index is 11.8. The lowest BCUT2D eigenvalue weighted by Crippen LogP contribution is -2.25. The molecular weight excluding hydrogens is 368 g/mol. The Kier molecular flexibility index (Phi) is 6.75. The molecular formula is C19H19BrN2O2. The van der Waals surface area contributed by atoms with Crippen molar-refractivity contribution in [2.24, 2.45) is 5.10 Å². The minimum Gasteiger partial charge on any atom is -0.483 e. The predicted molar refractivity (Wildman–Crippen MR) is 101 cm³/mol. The Balaban J connectivity index is 1.82. The first-order chi connectivity index (χ1) is 11.5. The van der Waals surface area contributed by atoms with Crippen molar-refractivity contribution in [3.05, 3.63) is 70.2 Å². The van der Waals surface area contributed by atoms with Gasteiger partial charge in [0.25, 0.3) is 5.91 Å². The Bertz CT molecular complexity index is 755. The van der Waals surface area contributed by atoms with Gasteiger partial charge in [-0.05, 0) is 49.2 Å². The summed E-state index contributed by atoms with van der Waals surface area (Å²) in [5.74, 6) is 0.378. The van der Waals surface area contributed by atoms with E-state index in [1.54, 1.807) is 0 Å². The molecule has 5 heteroatoms. The highest BCUT2D eigenvalue weighted by atomic mass is 79.9. The van der Waals surface area contributed by atoms with Gasteiger partial charge in [0.2, 0.25) is 0 Å². The molecule has 1 N–H and O–H groups in total. The van der Waals surface area contributed by atoms with Crippen LogP contribution in [0.2, 0.25) is 0 Å². The van der Waals surface area contributed by atoms with E-state index in [-0.39, 0.29) is 12.5 Å². The predicted octanol–water partition coefficient (Wildman–Crippen LogP) is 4.34. The fourth-order valence-corrected chi connectivity index (χ4v) is 2.39. The van der Waals surface area contributed by atoms with Crippen LogP contribution in [0.15, 0.2) is 64.2 Å². The third kappa shape index (κ3) is 6.01. The molecule has 2 aromatic rings. The van der Waals surface area contributed by atoms with Crippen LogP contribution in [0.1, 0.15) is 18.1 Å². The third-order valence-corrected chi connectivity index (χ3v) is 3.66. The fraction of sp³-hybridized carbons (Fsp3) is 0.158. The highest BCUT2D eigenvalue weighted by Crippen LogP contribution is 2.21. The van der Waals surface area contributed by atoms with Crippen molar-refractivity contribution in [3.63, 3.8) is 0 Å². The zero-order valence-corrected chi connectivity index (χ0v) is 15.2. The van der Waals surface area contributed by atoms with E-state index in [4.69, 9.17) is 4.74 Å². The van der Waals surface area contributed by atoms with Gasteiger partial charge in [-0.25, -0.2) is 5.43 Å². The van der Waals surface area contributed by atoms with Gasteiger partial charge in [0.1, 0.15) is 5.75 Å². The first kappa shape index (κ1) is 17.9. The number of halogens is 1. The average Bonchev–Trinajstić information content (AvgIpc) is 2.58. The van der Waals surface area contributed by atoms with Crippen LogP contribution in [0.3, 0.4) is 0 Å². The van der Waals surface area contributed by atoms with Crippen LogP contribution in [0, 0.1) is 6.92 Å². The molecule has 4 nitrogen and oxygen atoms in total. The summed E-state index contributed by atoms with van der Waals surface area (Å²) < 4.78 is 6.47. The van der Waals surface area contributed by atoms with Gasteiger partial charge < -0.3 is 4.74 Å². The number of amides is 1. The number of carbonyl (C=O) groups excluding carboxylic acids is 1. The molecule has 0 heterocycles. The van der Waals surface area contributed by atoms with Crippen molar-refractivity contribution < 1.29 is 9.53 Å². The molecule has 124 valence electrons. The van der Waals surface area contributed by atoms with E-state index in [1.807, 2.05) is 74.5 Å². The molecule has 0 saturated heterocycles. The van der Waals surface area contributed by atoms with Crippen LogP contribution in [0.25, 0.3) is 6.08 Å². The van der Waals surface area contributed by atoms with Gasteiger partial charge in [-0.15, -0.1) is 0 Å². The number of nitrogens with zero attached hydrogens (tertiary/aromatic N) is 1. The number of aryl methyl sites for hydroxylation is 1. The zero-order chi connectivity index (χ0) is 17.4. The van der Waals surface area contributed by atoms with Gasteiger partial charge >= 0.3 is 0 Å². The molecule has 0 aromatic heterocycles. The number of hydrazone groups is 1. The molecule has 0 aliphatic rings. The van der Waals surface area contributed by atoms with Crippen LogP contribution in [0.5, 0.6) is 5.75 Å². The summed E-state index contributed by atoms with van der Waals surface area (Å²) in [6.07, 6.45) is 3.78. The van der Waals surface area contributed by atoms with Gasteiger partial charge in [-0.2, -0.15) is 5.10 Å².